The molecule has 0 bridgehead atoms. The van der Waals surface area contributed by atoms with Gasteiger partial charge in [-0.2, -0.15) is 0 Å². The van der Waals surface area contributed by atoms with E-state index in [4.69, 9.17) is 9.47 Å². The largest absolute Gasteiger partial charge is 0.492 e. The monoisotopic (exact) mass is 382 g/mol. The summed E-state index contributed by atoms with van der Waals surface area (Å²) in [6.45, 7) is 7.18. The van der Waals surface area contributed by atoms with E-state index in [-0.39, 0.29) is 23.7 Å². The number of benzene rings is 2. The van der Waals surface area contributed by atoms with Gasteiger partial charge in [-0.3, -0.25) is 9.59 Å². The molecule has 1 heterocycles. The summed E-state index contributed by atoms with van der Waals surface area (Å²) < 4.78 is 11.3. The van der Waals surface area contributed by atoms with Gasteiger partial charge in [-0.05, 0) is 35.2 Å². The van der Waals surface area contributed by atoms with Crippen molar-refractivity contribution in [3.05, 3.63) is 54.1 Å². The molecule has 0 unspecified atom stereocenters. The molecule has 2 aromatic carbocycles. The zero-order valence-corrected chi connectivity index (χ0v) is 16.5. The van der Waals surface area contributed by atoms with E-state index in [2.05, 4.69) is 31.4 Å². The molecule has 1 atom stereocenters. The van der Waals surface area contributed by atoms with Crippen LogP contribution in [0.4, 0.5) is 5.69 Å². The highest BCUT2D eigenvalue weighted by Gasteiger charge is 2.29. The molecule has 2 aromatic rings. The van der Waals surface area contributed by atoms with E-state index in [1.165, 1.54) is 5.56 Å². The Labute approximate surface area is 165 Å². The second kappa shape index (κ2) is 8.33. The van der Waals surface area contributed by atoms with Crippen molar-refractivity contribution in [1.29, 1.82) is 0 Å². The Morgan fingerprint density at radius 2 is 1.86 bits per heavy atom. The van der Waals surface area contributed by atoms with Crippen LogP contribution >= 0.6 is 0 Å². The van der Waals surface area contributed by atoms with Crippen molar-refractivity contribution < 1.29 is 19.1 Å². The number of fused-ring (bicyclic) bond motifs is 1. The molecule has 1 aliphatic rings. The molecule has 1 aliphatic heterocycles. The molecule has 0 spiro atoms. The summed E-state index contributed by atoms with van der Waals surface area (Å²) in [6.07, 6.45) is -0.874. The summed E-state index contributed by atoms with van der Waals surface area (Å²) in [5, 5.41) is 5.51. The van der Waals surface area contributed by atoms with Crippen LogP contribution in [-0.2, 0) is 15.0 Å². The number of carbonyl (C=O) groups is 2. The molecule has 0 fully saturated rings. The Hall–Kier alpha value is -3.02. The van der Waals surface area contributed by atoms with Gasteiger partial charge in [0.15, 0.2) is 6.10 Å². The Bertz CT molecular complexity index is 840. The number of rotatable bonds is 6. The lowest BCUT2D eigenvalue weighted by molar-refractivity contribution is -0.130. The lowest BCUT2D eigenvalue weighted by Crippen LogP contribution is -2.41. The molecule has 0 aromatic heterocycles. The zero-order valence-electron chi connectivity index (χ0n) is 16.5. The number of carbonyl (C=O) groups excluding carboxylic acids is 2. The summed E-state index contributed by atoms with van der Waals surface area (Å²) in [5.41, 5.74) is 1.95. The lowest BCUT2D eigenvalue weighted by atomic mass is 9.87. The van der Waals surface area contributed by atoms with Crippen LogP contribution < -0.4 is 20.1 Å². The zero-order chi connectivity index (χ0) is 20.1. The maximum Gasteiger partial charge on any atom is 0.266 e. The molecule has 6 heteroatoms. The SMILES string of the molecule is CC(C)(C)c1ccc(OCCNC(=O)C[C@H]2Oc3ccccc3NC2=O)cc1. The van der Waals surface area contributed by atoms with Crippen LogP contribution in [0.15, 0.2) is 48.5 Å². The van der Waals surface area contributed by atoms with Crippen LogP contribution in [0.25, 0.3) is 0 Å². The highest BCUT2D eigenvalue weighted by atomic mass is 16.5. The van der Waals surface area contributed by atoms with E-state index in [1.54, 1.807) is 12.1 Å². The third-order valence-corrected chi connectivity index (χ3v) is 4.49. The molecule has 148 valence electrons. The van der Waals surface area contributed by atoms with Crippen LogP contribution in [-0.4, -0.2) is 31.1 Å². The first-order valence-electron chi connectivity index (χ1n) is 9.39. The van der Waals surface area contributed by atoms with E-state index in [0.717, 1.165) is 5.75 Å². The first-order chi connectivity index (χ1) is 13.3. The van der Waals surface area contributed by atoms with E-state index in [1.807, 2.05) is 36.4 Å². The summed E-state index contributed by atoms with van der Waals surface area (Å²) in [7, 11) is 0. The van der Waals surface area contributed by atoms with Crippen molar-refractivity contribution in [2.45, 2.75) is 38.7 Å². The minimum Gasteiger partial charge on any atom is -0.492 e. The second-order valence-electron chi connectivity index (χ2n) is 7.77. The molecular weight excluding hydrogens is 356 g/mol. The molecule has 0 saturated heterocycles. The molecule has 2 N–H and O–H groups in total. The Kier molecular flexibility index (Phi) is 5.87. The van der Waals surface area contributed by atoms with Crippen LogP contribution in [0.1, 0.15) is 32.8 Å². The maximum absolute atomic E-state index is 12.1. The van der Waals surface area contributed by atoms with Crippen molar-refractivity contribution in [2.24, 2.45) is 0 Å². The predicted molar refractivity (Wildman–Crippen MR) is 108 cm³/mol. The maximum atomic E-state index is 12.1. The van der Waals surface area contributed by atoms with Gasteiger partial charge in [0.1, 0.15) is 18.1 Å². The van der Waals surface area contributed by atoms with Gasteiger partial charge in [-0.25, -0.2) is 0 Å². The van der Waals surface area contributed by atoms with Crippen molar-refractivity contribution in [2.75, 3.05) is 18.5 Å². The standard InChI is InChI=1S/C22H26N2O4/c1-22(2,3)15-8-10-16(11-9-15)27-13-12-23-20(25)14-19-21(26)24-17-6-4-5-7-18(17)28-19/h4-11,19H,12-14H2,1-3H3,(H,23,25)(H,24,26)/t19-/m1/s1. The van der Waals surface area contributed by atoms with Gasteiger partial charge in [-0.15, -0.1) is 0 Å². The third-order valence-electron chi connectivity index (χ3n) is 4.49. The number of nitrogens with one attached hydrogen (secondary N) is 2. The van der Waals surface area contributed by atoms with Crippen LogP contribution in [0.3, 0.4) is 0 Å². The molecule has 0 saturated carbocycles. The Balaban J connectivity index is 1.41. The van der Waals surface area contributed by atoms with E-state index in [9.17, 15) is 9.59 Å². The number of para-hydroxylation sites is 2. The predicted octanol–water partition coefficient (Wildman–Crippen LogP) is 3.27. The first kappa shape index (κ1) is 19.7. The highest BCUT2D eigenvalue weighted by molar-refractivity contribution is 5.99. The Morgan fingerprint density at radius 1 is 1.14 bits per heavy atom. The molecule has 0 aliphatic carbocycles. The van der Waals surface area contributed by atoms with Gasteiger partial charge in [0.05, 0.1) is 18.7 Å². The highest BCUT2D eigenvalue weighted by Crippen LogP contribution is 2.29. The van der Waals surface area contributed by atoms with E-state index in [0.29, 0.717) is 24.6 Å². The second-order valence-corrected chi connectivity index (χ2v) is 7.77. The number of anilines is 1. The van der Waals surface area contributed by atoms with Gasteiger partial charge >= 0.3 is 0 Å². The summed E-state index contributed by atoms with van der Waals surface area (Å²) >= 11 is 0. The number of hydrogen-bond acceptors (Lipinski definition) is 4. The van der Waals surface area contributed by atoms with E-state index >= 15 is 0 Å². The van der Waals surface area contributed by atoms with Crippen LogP contribution in [0.2, 0.25) is 0 Å². The minimum atomic E-state index is -0.833. The van der Waals surface area contributed by atoms with E-state index < -0.39 is 6.10 Å². The number of ether oxygens (including phenoxy) is 2. The van der Waals surface area contributed by atoms with Crippen molar-refractivity contribution >= 4 is 17.5 Å². The summed E-state index contributed by atoms with van der Waals surface area (Å²) in [5.74, 6) is 0.756. The van der Waals surface area contributed by atoms with Crippen molar-refractivity contribution in [3.8, 4) is 11.5 Å². The molecular formula is C22H26N2O4. The topological polar surface area (TPSA) is 76.7 Å². The number of amides is 2. The molecule has 6 nitrogen and oxygen atoms in total. The fourth-order valence-corrected chi connectivity index (χ4v) is 2.88. The first-order valence-corrected chi connectivity index (χ1v) is 9.39. The van der Waals surface area contributed by atoms with Crippen molar-refractivity contribution in [3.63, 3.8) is 0 Å². The average molecular weight is 382 g/mol. The normalized spacial score (nSPS) is 15.8. The van der Waals surface area contributed by atoms with Gasteiger partial charge in [0.25, 0.3) is 5.91 Å². The summed E-state index contributed by atoms with van der Waals surface area (Å²) in [4.78, 5) is 24.2. The molecule has 3 rings (SSSR count). The lowest BCUT2D eigenvalue weighted by Gasteiger charge is -2.25. The van der Waals surface area contributed by atoms with Gasteiger partial charge in [-0.1, -0.05) is 45.0 Å². The fourth-order valence-electron chi connectivity index (χ4n) is 2.88. The van der Waals surface area contributed by atoms with Gasteiger partial charge in [0.2, 0.25) is 5.91 Å². The minimum absolute atomic E-state index is 0.0412. The summed E-state index contributed by atoms with van der Waals surface area (Å²) in [6, 6.07) is 15.1. The average Bonchev–Trinajstić information content (AvgIpc) is 2.65. The van der Waals surface area contributed by atoms with Gasteiger partial charge < -0.3 is 20.1 Å². The molecule has 0 radical (unpaired) electrons. The third kappa shape index (κ3) is 5.03. The van der Waals surface area contributed by atoms with Crippen molar-refractivity contribution in [1.82, 2.24) is 5.32 Å². The molecule has 28 heavy (non-hydrogen) atoms. The Morgan fingerprint density at radius 3 is 2.57 bits per heavy atom. The fraction of sp³-hybridized carbons (Fsp3) is 0.364. The van der Waals surface area contributed by atoms with Crippen LogP contribution in [0, 0.1) is 0 Å². The molecule has 2 amide bonds. The smallest absolute Gasteiger partial charge is 0.266 e. The van der Waals surface area contributed by atoms with Gasteiger partial charge in [0, 0.05) is 0 Å². The number of hydrogen-bond donors (Lipinski definition) is 2. The quantitative estimate of drug-likeness (QED) is 0.752. The van der Waals surface area contributed by atoms with Crippen LogP contribution in [0.5, 0.6) is 11.5 Å².